The van der Waals surface area contributed by atoms with Crippen molar-refractivity contribution in [2.24, 2.45) is 0 Å². The van der Waals surface area contributed by atoms with Crippen LogP contribution in [0.5, 0.6) is 5.75 Å². The van der Waals surface area contributed by atoms with Crippen molar-refractivity contribution in [1.82, 2.24) is 4.98 Å². The molecule has 0 saturated heterocycles. The maximum Gasteiger partial charge on any atom is 0.260 e. The van der Waals surface area contributed by atoms with E-state index in [2.05, 4.69) is 4.98 Å². The minimum Gasteiger partial charge on any atom is -0.506 e. The first-order valence-electron chi connectivity index (χ1n) is 7.35. The number of aromatic hydroxyl groups is 1. The summed E-state index contributed by atoms with van der Waals surface area (Å²) in [5.74, 6) is -0.0399. The van der Waals surface area contributed by atoms with E-state index in [1.54, 1.807) is 12.1 Å². The third-order valence-electron chi connectivity index (χ3n) is 3.92. The van der Waals surface area contributed by atoms with Crippen LogP contribution in [-0.4, -0.2) is 10.1 Å². The van der Waals surface area contributed by atoms with Crippen molar-refractivity contribution < 1.29 is 5.11 Å². The number of hydrogen-bond donors (Lipinski definition) is 2. The molecule has 2 aromatic heterocycles. The van der Waals surface area contributed by atoms with E-state index in [1.807, 2.05) is 48.5 Å². The number of aromatic amines is 1. The van der Waals surface area contributed by atoms with Crippen LogP contribution in [0.3, 0.4) is 0 Å². The largest absolute Gasteiger partial charge is 0.506 e. The molecule has 3 nitrogen and oxygen atoms in total. The minimum absolute atomic E-state index is 0.0399. The molecular formula is C19H12ClNO2S. The van der Waals surface area contributed by atoms with Gasteiger partial charge in [0, 0.05) is 5.56 Å². The van der Waals surface area contributed by atoms with E-state index >= 15 is 0 Å². The van der Waals surface area contributed by atoms with Crippen LogP contribution >= 0.6 is 22.9 Å². The zero-order valence-corrected chi connectivity index (χ0v) is 14.0. The molecule has 0 unspecified atom stereocenters. The number of pyridine rings is 1. The highest BCUT2D eigenvalue weighted by Crippen LogP contribution is 2.46. The minimum atomic E-state index is -0.330. The number of fused-ring (bicyclic) bond motifs is 1. The van der Waals surface area contributed by atoms with Crippen LogP contribution in [0.15, 0.2) is 65.5 Å². The van der Waals surface area contributed by atoms with E-state index in [0.29, 0.717) is 20.1 Å². The Morgan fingerprint density at radius 2 is 1.42 bits per heavy atom. The number of hydrogen-bond acceptors (Lipinski definition) is 3. The number of thiophene rings is 1. The zero-order valence-electron chi connectivity index (χ0n) is 12.4. The number of rotatable bonds is 2. The summed E-state index contributed by atoms with van der Waals surface area (Å²) in [6.07, 6.45) is 0. The molecule has 0 fully saturated rings. The summed E-state index contributed by atoms with van der Waals surface area (Å²) in [4.78, 5) is 15.9. The lowest BCUT2D eigenvalue weighted by atomic mass is 10.0. The molecule has 5 heteroatoms. The third-order valence-corrected chi connectivity index (χ3v) is 5.23. The van der Waals surface area contributed by atoms with Gasteiger partial charge in [-0.3, -0.25) is 4.79 Å². The lowest BCUT2D eigenvalue weighted by Crippen LogP contribution is -2.08. The highest BCUT2D eigenvalue weighted by atomic mass is 35.5. The number of benzene rings is 2. The van der Waals surface area contributed by atoms with Gasteiger partial charge in [-0.05, 0) is 11.1 Å². The molecule has 0 aliphatic heterocycles. The SMILES string of the molecule is O=c1[nH]c2sc(Cl)c(-c3ccccc3)c2c(O)c1-c1ccccc1. The van der Waals surface area contributed by atoms with E-state index in [-0.39, 0.29) is 16.9 Å². The Labute approximate surface area is 146 Å². The highest BCUT2D eigenvalue weighted by molar-refractivity contribution is 7.23. The Morgan fingerprint density at radius 3 is 2.00 bits per heavy atom. The molecular weight excluding hydrogens is 342 g/mol. The molecule has 2 N–H and O–H groups in total. The van der Waals surface area contributed by atoms with Gasteiger partial charge in [0.2, 0.25) is 0 Å². The summed E-state index contributed by atoms with van der Waals surface area (Å²) >= 11 is 7.67. The summed E-state index contributed by atoms with van der Waals surface area (Å²) in [6, 6.07) is 18.7. The van der Waals surface area contributed by atoms with Gasteiger partial charge in [-0.25, -0.2) is 0 Å². The Bertz CT molecular complexity index is 1090. The van der Waals surface area contributed by atoms with Crippen LogP contribution in [-0.2, 0) is 0 Å². The summed E-state index contributed by atoms with van der Waals surface area (Å²) in [6.45, 7) is 0. The monoisotopic (exact) mass is 353 g/mol. The van der Waals surface area contributed by atoms with Crippen molar-refractivity contribution in [3.8, 4) is 28.0 Å². The van der Waals surface area contributed by atoms with E-state index in [1.165, 1.54) is 11.3 Å². The summed E-state index contributed by atoms with van der Waals surface area (Å²) in [7, 11) is 0. The average Bonchev–Trinajstić information content (AvgIpc) is 2.92. The molecule has 0 radical (unpaired) electrons. The van der Waals surface area contributed by atoms with Gasteiger partial charge < -0.3 is 10.1 Å². The number of aromatic nitrogens is 1. The fourth-order valence-electron chi connectivity index (χ4n) is 2.85. The van der Waals surface area contributed by atoms with Crippen molar-refractivity contribution in [2.45, 2.75) is 0 Å². The molecule has 2 heterocycles. The predicted molar refractivity (Wildman–Crippen MR) is 100.0 cm³/mol. The van der Waals surface area contributed by atoms with Crippen LogP contribution in [0, 0.1) is 0 Å². The van der Waals surface area contributed by atoms with Crippen LogP contribution in [0.4, 0.5) is 0 Å². The lowest BCUT2D eigenvalue weighted by molar-refractivity contribution is 0.483. The second-order valence-electron chi connectivity index (χ2n) is 5.36. The summed E-state index contributed by atoms with van der Waals surface area (Å²) in [5.41, 5.74) is 2.23. The van der Waals surface area contributed by atoms with Crippen molar-refractivity contribution >= 4 is 33.2 Å². The molecule has 0 amide bonds. The van der Waals surface area contributed by atoms with Crippen LogP contribution in [0.25, 0.3) is 32.5 Å². The van der Waals surface area contributed by atoms with Gasteiger partial charge in [-0.15, -0.1) is 11.3 Å². The van der Waals surface area contributed by atoms with Crippen LogP contribution in [0.2, 0.25) is 4.34 Å². The molecule has 4 aromatic rings. The first-order valence-corrected chi connectivity index (χ1v) is 8.54. The van der Waals surface area contributed by atoms with E-state index in [4.69, 9.17) is 11.6 Å². The van der Waals surface area contributed by atoms with E-state index < -0.39 is 0 Å². The summed E-state index contributed by atoms with van der Waals surface area (Å²) < 4.78 is 0.535. The van der Waals surface area contributed by atoms with E-state index in [0.717, 1.165) is 11.1 Å². The maximum atomic E-state index is 12.5. The fraction of sp³-hybridized carbons (Fsp3) is 0. The summed E-state index contributed by atoms with van der Waals surface area (Å²) in [5, 5.41) is 11.4. The maximum absolute atomic E-state index is 12.5. The molecule has 118 valence electrons. The molecule has 24 heavy (non-hydrogen) atoms. The van der Waals surface area contributed by atoms with Gasteiger partial charge in [-0.1, -0.05) is 72.3 Å². The van der Waals surface area contributed by atoms with E-state index in [9.17, 15) is 9.90 Å². The first kappa shape index (κ1) is 15.0. The molecule has 0 atom stereocenters. The Balaban J connectivity index is 2.10. The van der Waals surface area contributed by atoms with Crippen molar-refractivity contribution in [3.63, 3.8) is 0 Å². The van der Waals surface area contributed by atoms with Crippen molar-refractivity contribution in [3.05, 3.63) is 75.4 Å². The topological polar surface area (TPSA) is 53.1 Å². The lowest BCUT2D eigenvalue weighted by Gasteiger charge is -2.07. The average molecular weight is 354 g/mol. The van der Waals surface area contributed by atoms with Crippen LogP contribution < -0.4 is 5.56 Å². The quantitative estimate of drug-likeness (QED) is 0.515. The molecule has 0 bridgehead atoms. The molecule has 0 saturated carbocycles. The van der Waals surface area contributed by atoms with Gasteiger partial charge in [0.1, 0.15) is 14.9 Å². The standard InChI is InChI=1S/C19H12ClNO2S/c20-17-13(11-7-3-1-4-8-11)15-16(22)14(12-9-5-2-6-10-12)18(23)21-19(15)24-17/h1-10H,(H2,21,22,23). The van der Waals surface area contributed by atoms with Gasteiger partial charge in [0.25, 0.3) is 5.56 Å². The normalized spacial score (nSPS) is 11.0. The Hall–Kier alpha value is -2.56. The van der Waals surface area contributed by atoms with Gasteiger partial charge in [-0.2, -0.15) is 0 Å². The third kappa shape index (κ3) is 2.31. The van der Waals surface area contributed by atoms with Crippen molar-refractivity contribution in [1.29, 1.82) is 0 Å². The van der Waals surface area contributed by atoms with Gasteiger partial charge in [0.05, 0.1) is 10.9 Å². The second kappa shape index (κ2) is 5.82. The first-order chi connectivity index (χ1) is 11.7. The zero-order chi connectivity index (χ0) is 16.7. The number of nitrogens with one attached hydrogen (secondary N) is 1. The number of H-pyrrole nitrogens is 1. The van der Waals surface area contributed by atoms with Crippen molar-refractivity contribution in [2.75, 3.05) is 0 Å². The van der Waals surface area contributed by atoms with Crippen LogP contribution in [0.1, 0.15) is 0 Å². The fourth-order valence-corrected chi connectivity index (χ4v) is 4.23. The molecule has 2 aromatic carbocycles. The van der Waals surface area contributed by atoms with Gasteiger partial charge in [0.15, 0.2) is 0 Å². The second-order valence-corrected chi connectivity index (χ2v) is 6.99. The highest BCUT2D eigenvalue weighted by Gasteiger charge is 2.21. The molecule has 4 rings (SSSR count). The predicted octanol–water partition coefficient (Wildman–Crippen LogP) is 5.28. The Morgan fingerprint density at radius 1 is 0.875 bits per heavy atom. The molecule has 0 aliphatic carbocycles. The molecule has 0 spiro atoms. The van der Waals surface area contributed by atoms with Gasteiger partial charge >= 0.3 is 0 Å². The smallest absolute Gasteiger partial charge is 0.260 e. The number of halogens is 1. The molecule has 0 aliphatic rings. The Kier molecular flexibility index (Phi) is 3.63.